The Bertz CT molecular complexity index is 367. The SMILES string of the molecule is CCC1CCCN1c1ncc(CO)c(C)n1. The minimum Gasteiger partial charge on any atom is -0.392 e. The van der Waals surface area contributed by atoms with Crippen LogP contribution in [0.5, 0.6) is 0 Å². The first kappa shape index (κ1) is 11.3. The number of hydrogen-bond donors (Lipinski definition) is 1. The normalized spacial score (nSPS) is 20.4. The summed E-state index contributed by atoms with van der Waals surface area (Å²) in [6.07, 6.45) is 5.34. The molecule has 88 valence electrons. The van der Waals surface area contributed by atoms with Gasteiger partial charge in [0.15, 0.2) is 0 Å². The van der Waals surface area contributed by atoms with E-state index in [0.29, 0.717) is 6.04 Å². The Morgan fingerprint density at radius 2 is 2.38 bits per heavy atom. The highest BCUT2D eigenvalue weighted by Gasteiger charge is 2.25. The van der Waals surface area contributed by atoms with Crippen LogP contribution in [0, 0.1) is 6.92 Å². The molecule has 4 nitrogen and oxygen atoms in total. The summed E-state index contributed by atoms with van der Waals surface area (Å²) in [4.78, 5) is 11.1. The molecule has 2 heterocycles. The Hall–Kier alpha value is -1.16. The van der Waals surface area contributed by atoms with E-state index in [1.54, 1.807) is 6.20 Å². The van der Waals surface area contributed by atoms with Crippen molar-refractivity contribution in [2.45, 2.75) is 45.8 Å². The molecule has 0 bridgehead atoms. The molecule has 1 aromatic rings. The Labute approximate surface area is 96.3 Å². The molecule has 0 aliphatic carbocycles. The van der Waals surface area contributed by atoms with Crippen molar-refractivity contribution >= 4 is 5.95 Å². The van der Waals surface area contributed by atoms with Crippen LogP contribution in [0.4, 0.5) is 5.95 Å². The average molecular weight is 221 g/mol. The predicted molar refractivity (Wildman–Crippen MR) is 63.4 cm³/mol. The van der Waals surface area contributed by atoms with Gasteiger partial charge in [0.1, 0.15) is 0 Å². The lowest BCUT2D eigenvalue weighted by atomic mass is 10.2. The predicted octanol–water partition coefficient (Wildman–Crippen LogP) is 1.66. The molecule has 0 saturated carbocycles. The molecule has 1 fully saturated rings. The number of aliphatic hydroxyl groups is 1. The zero-order valence-electron chi connectivity index (χ0n) is 9.98. The minimum atomic E-state index is 0.0172. The molecule has 1 aliphatic rings. The van der Waals surface area contributed by atoms with Crippen LogP contribution in [0.25, 0.3) is 0 Å². The van der Waals surface area contributed by atoms with Gasteiger partial charge in [-0.2, -0.15) is 0 Å². The minimum absolute atomic E-state index is 0.0172. The van der Waals surface area contributed by atoms with E-state index in [4.69, 9.17) is 5.11 Å². The maximum Gasteiger partial charge on any atom is 0.225 e. The van der Waals surface area contributed by atoms with E-state index >= 15 is 0 Å². The molecule has 2 rings (SSSR count). The number of aryl methyl sites for hydroxylation is 1. The van der Waals surface area contributed by atoms with Crippen LogP contribution in [-0.4, -0.2) is 27.7 Å². The fraction of sp³-hybridized carbons (Fsp3) is 0.667. The smallest absolute Gasteiger partial charge is 0.225 e. The second-order valence-electron chi connectivity index (χ2n) is 4.34. The van der Waals surface area contributed by atoms with Gasteiger partial charge in [0.25, 0.3) is 0 Å². The summed E-state index contributed by atoms with van der Waals surface area (Å²) in [7, 11) is 0. The highest BCUT2D eigenvalue weighted by molar-refractivity contribution is 5.35. The molecule has 0 amide bonds. The molecule has 1 saturated heterocycles. The lowest BCUT2D eigenvalue weighted by Gasteiger charge is -2.23. The largest absolute Gasteiger partial charge is 0.392 e. The molecule has 4 heteroatoms. The molecule has 1 aliphatic heterocycles. The maximum absolute atomic E-state index is 9.08. The van der Waals surface area contributed by atoms with Crippen molar-refractivity contribution < 1.29 is 5.11 Å². The third-order valence-electron chi connectivity index (χ3n) is 3.34. The number of nitrogens with zero attached hydrogens (tertiary/aromatic N) is 3. The van der Waals surface area contributed by atoms with Gasteiger partial charge in [-0.3, -0.25) is 0 Å². The van der Waals surface area contributed by atoms with Crippen LogP contribution < -0.4 is 4.90 Å². The maximum atomic E-state index is 9.08. The quantitative estimate of drug-likeness (QED) is 0.843. The van der Waals surface area contributed by atoms with Crippen LogP contribution in [0.1, 0.15) is 37.4 Å². The summed E-state index contributed by atoms with van der Waals surface area (Å²) < 4.78 is 0. The van der Waals surface area contributed by atoms with E-state index in [1.165, 1.54) is 12.8 Å². The van der Waals surface area contributed by atoms with Gasteiger partial charge >= 0.3 is 0 Å². The number of rotatable bonds is 3. The molecule has 0 spiro atoms. The fourth-order valence-corrected chi connectivity index (χ4v) is 2.30. The third kappa shape index (κ3) is 2.02. The Kier molecular flexibility index (Phi) is 3.39. The highest BCUT2D eigenvalue weighted by Crippen LogP contribution is 2.24. The highest BCUT2D eigenvalue weighted by atomic mass is 16.3. The first-order valence-corrected chi connectivity index (χ1v) is 5.96. The standard InChI is InChI=1S/C12H19N3O/c1-3-11-5-4-6-15(11)12-13-7-10(8-16)9(2)14-12/h7,11,16H,3-6,8H2,1-2H3. The summed E-state index contributed by atoms with van der Waals surface area (Å²) >= 11 is 0. The number of aliphatic hydroxyl groups excluding tert-OH is 1. The number of anilines is 1. The van der Waals surface area contributed by atoms with Crippen LogP contribution >= 0.6 is 0 Å². The van der Waals surface area contributed by atoms with Gasteiger partial charge in [-0.25, -0.2) is 9.97 Å². The van der Waals surface area contributed by atoms with Crippen molar-refractivity contribution in [1.29, 1.82) is 0 Å². The monoisotopic (exact) mass is 221 g/mol. The Morgan fingerprint density at radius 3 is 3.00 bits per heavy atom. The average Bonchev–Trinajstić information content (AvgIpc) is 2.77. The summed E-state index contributed by atoms with van der Waals surface area (Å²) in [5.74, 6) is 0.819. The van der Waals surface area contributed by atoms with Crippen molar-refractivity contribution in [3.8, 4) is 0 Å². The zero-order valence-corrected chi connectivity index (χ0v) is 9.98. The van der Waals surface area contributed by atoms with Crippen LogP contribution in [0.2, 0.25) is 0 Å². The second kappa shape index (κ2) is 4.78. The van der Waals surface area contributed by atoms with Crippen LogP contribution in [0.3, 0.4) is 0 Å². The molecule has 1 atom stereocenters. The van der Waals surface area contributed by atoms with Crippen LogP contribution in [-0.2, 0) is 6.61 Å². The summed E-state index contributed by atoms with van der Waals surface area (Å²) in [5.41, 5.74) is 1.70. The molecule has 1 aromatic heterocycles. The molecular formula is C12H19N3O. The molecule has 0 radical (unpaired) electrons. The van der Waals surface area contributed by atoms with Crippen molar-refractivity contribution in [1.82, 2.24) is 9.97 Å². The second-order valence-corrected chi connectivity index (χ2v) is 4.34. The van der Waals surface area contributed by atoms with Crippen molar-refractivity contribution in [3.63, 3.8) is 0 Å². The third-order valence-corrected chi connectivity index (χ3v) is 3.34. The summed E-state index contributed by atoms with van der Waals surface area (Å²) in [6, 6.07) is 0.583. The van der Waals surface area contributed by atoms with Gasteiger partial charge < -0.3 is 10.0 Å². The summed E-state index contributed by atoms with van der Waals surface area (Å²) in [6.45, 7) is 5.20. The van der Waals surface area contributed by atoms with Crippen molar-refractivity contribution in [2.75, 3.05) is 11.4 Å². The van der Waals surface area contributed by atoms with E-state index < -0.39 is 0 Å². The van der Waals surface area contributed by atoms with Gasteiger partial charge in [0.2, 0.25) is 5.95 Å². The van der Waals surface area contributed by atoms with Gasteiger partial charge in [-0.15, -0.1) is 0 Å². The number of aromatic nitrogens is 2. The molecule has 0 aromatic carbocycles. The molecule has 16 heavy (non-hydrogen) atoms. The summed E-state index contributed by atoms with van der Waals surface area (Å²) in [5, 5.41) is 9.08. The van der Waals surface area contributed by atoms with Gasteiger partial charge in [-0.1, -0.05) is 6.92 Å². The lowest BCUT2D eigenvalue weighted by Crippen LogP contribution is -2.30. The van der Waals surface area contributed by atoms with E-state index in [1.807, 2.05) is 6.92 Å². The number of hydrogen-bond acceptors (Lipinski definition) is 4. The van der Waals surface area contributed by atoms with E-state index in [0.717, 1.165) is 30.2 Å². The molecular weight excluding hydrogens is 202 g/mol. The van der Waals surface area contributed by atoms with E-state index in [-0.39, 0.29) is 6.61 Å². The topological polar surface area (TPSA) is 49.2 Å². The van der Waals surface area contributed by atoms with Crippen LogP contribution in [0.15, 0.2) is 6.20 Å². The van der Waals surface area contributed by atoms with Gasteiger partial charge in [0.05, 0.1) is 6.61 Å². The first-order valence-electron chi connectivity index (χ1n) is 5.96. The van der Waals surface area contributed by atoms with E-state index in [2.05, 4.69) is 21.8 Å². The van der Waals surface area contributed by atoms with Crippen molar-refractivity contribution in [2.24, 2.45) is 0 Å². The Morgan fingerprint density at radius 1 is 1.56 bits per heavy atom. The van der Waals surface area contributed by atoms with Crippen molar-refractivity contribution in [3.05, 3.63) is 17.5 Å². The van der Waals surface area contributed by atoms with E-state index in [9.17, 15) is 0 Å². The molecule has 1 N–H and O–H groups in total. The first-order chi connectivity index (χ1) is 7.76. The Balaban J connectivity index is 2.23. The fourth-order valence-electron chi connectivity index (χ4n) is 2.30. The zero-order chi connectivity index (χ0) is 11.5. The van der Waals surface area contributed by atoms with Gasteiger partial charge in [0, 0.05) is 30.0 Å². The molecule has 1 unspecified atom stereocenters. The van der Waals surface area contributed by atoms with Gasteiger partial charge in [-0.05, 0) is 26.2 Å². The lowest BCUT2D eigenvalue weighted by molar-refractivity contribution is 0.280.